The molecule has 3 aromatic rings. The van der Waals surface area contributed by atoms with Crippen molar-refractivity contribution in [3.8, 4) is 0 Å². The van der Waals surface area contributed by atoms with E-state index < -0.39 is 34.3 Å². The average molecular weight is 520 g/mol. The SMILES string of the molecule is CNS(=O)(=O)O[C@H]1C[C@H](n2ccc3c(NCc4ccc(Cl)cc4C(F)(F)F)ncnc32)C[C@@H]1O. The molecule has 184 valence electrons. The van der Waals surface area contributed by atoms with Crippen LogP contribution in [0.2, 0.25) is 5.02 Å². The van der Waals surface area contributed by atoms with E-state index in [2.05, 4.69) is 15.3 Å². The highest BCUT2D eigenvalue weighted by atomic mass is 35.5. The van der Waals surface area contributed by atoms with Crippen LogP contribution in [0.25, 0.3) is 11.0 Å². The number of fused-ring (bicyclic) bond motifs is 1. The van der Waals surface area contributed by atoms with Crippen molar-refractivity contribution in [3.63, 3.8) is 0 Å². The fourth-order valence-corrected chi connectivity index (χ4v) is 4.85. The molecule has 14 heteroatoms. The van der Waals surface area contributed by atoms with Gasteiger partial charge in [0.05, 0.1) is 17.1 Å². The molecule has 0 spiro atoms. The van der Waals surface area contributed by atoms with Crippen molar-refractivity contribution in [2.45, 2.75) is 43.8 Å². The Hall–Kier alpha value is -2.45. The molecule has 2 heterocycles. The van der Waals surface area contributed by atoms with Gasteiger partial charge in [-0.3, -0.25) is 4.18 Å². The lowest BCUT2D eigenvalue weighted by Crippen LogP contribution is -2.31. The summed E-state index contributed by atoms with van der Waals surface area (Å²) in [4.78, 5) is 8.43. The standard InChI is InChI=1S/C20H21ClF3N5O4S/c1-25-34(31,32)33-17-8-13(7-16(17)30)29-5-4-14-18(27-10-28-19(14)29)26-9-11-2-3-12(21)6-15(11)20(22,23)24/h2-6,10,13,16-17,25,30H,7-9H2,1H3,(H,26,27,28)/t13-,16+,17+/m1/s1. The first-order valence-electron chi connectivity index (χ1n) is 10.2. The lowest BCUT2D eigenvalue weighted by molar-refractivity contribution is -0.138. The molecule has 2 aromatic heterocycles. The minimum absolute atomic E-state index is 0.00717. The molecular formula is C20H21ClF3N5O4S. The van der Waals surface area contributed by atoms with E-state index in [4.69, 9.17) is 15.8 Å². The van der Waals surface area contributed by atoms with Gasteiger partial charge in [0.1, 0.15) is 23.9 Å². The fourth-order valence-electron chi connectivity index (χ4n) is 4.05. The summed E-state index contributed by atoms with van der Waals surface area (Å²) in [7, 11) is -2.76. The lowest BCUT2D eigenvalue weighted by Gasteiger charge is -2.15. The topological polar surface area (TPSA) is 118 Å². The molecule has 1 fully saturated rings. The van der Waals surface area contributed by atoms with E-state index in [0.29, 0.717) is 16.9 Å². The zero-order valence-electron chi connectivity index (χ0n) is 17.8. The number of nitrogens with zero attached hydrogens (tertiary/aromatic N) is 3. The molecule has 0 unspecified atom stereocenters. The van der Waals surface area contributed by atoms with Crippen molar-refractivity contribution in [2.75, 3.05) is 12.4 Å². The van der Waals surface area contributed by atoms with Crippen molar-refractivity contribution in [3.05, 3.63) is 52.9 Å². The Balaban J connectivity index is 1.56. The normalized spacial score (nSPS) is 21.3. The Morgan fingerprint density at radius 3 is 2.74 bits per heavy atom. The second-order valence-electron chi connectivity index (χ2n) is 7.82. The van der Waals surface area contributed by atoms with Gasteiger partial charge in [-0.25, -0.2) is 9.97 Å². The van der Waals surface area contributed by atoms with Crippen LogP contribution in [0.4, 0.5) is 19.0 Å². The minimum atomic E-state index is -4.56. The van der Waals surface area contributed by atoms with Gasteiger partial charge < -0.3 is 15.0 Å². The molecule has 3 atom stereocenters. The summed E-state index contributed by atoms with van der Waals surface area (Å²) >= 11 is 5.74. The van der Waals surface area contributed by atoms with E-state index in [1.54, 1.807) is 16.8 Å². The zero-order valence-corrected chi connectivity index (χ0v) is 19.3. The number of alkyl halides is 3. The number of benzene rings is 1. The maximum atomic E-state index is 13.4. The Morgan fingerprint density at radius 1 is 1.26 bits per heavy atom. The van der Waals surface area contributed by atoms with Gasteiger partial charge in [-0.1, -0.05) is 17.7 Å². The number of anilines is 1. The van der Waals surface area contributed by atoms with Crippen molar-refractivity contribution in [1.82, 2.24) is 19.3 Å². The summed E-state index contributed by atoms with van der Waals surface area (Å²) in [6.07, 6.45) is -3.05. The van der Waals surface area contributed by atoms with E-state index in [9.17, 15) is 26.7 Å². The van der Waals surface area contributed by atoms with E-state index >= 15 is 0 Å². The van der Waals surface area contributed by atoms with Gasteiger partial charge in [-0.2, -0.15) is 26.3 Å². The second-order valence-corrected chi connectivity index (χ2v) is 9.77. The molecule has 1 aliphatic carbocycles. The van der Waals surface area contributed by atoms with Gasteiger partial charge >= 0.3 is 16.5 Å². The molecule has 0 saturated heterocycles. The summed E-state index contributed by atoms with van der Waals surface area (Å²) in [6, 6.07) is 4.97. The number of hydrogen-bond donors (Lipinski definition) is 3. The van der Waals surface area contributed by atoms with Gasteiger partial charge in [0.25, 0.3) is 0 Å². The zero-order chi connectivity index (χ0) is 24.7. The summed E-state index contributed by atoms with van der Waals surface area (Å²) in [5.41, 5.74) is -0.343. The second kappa shape index (κ2) is 9.30. The van der Waals surface area contributed by atoms with Crippen molar-refractivity contribution >= 4 is 38.8 Å². The van der Waals surface area contributed by atoms with Crippen molar-refractivity contribution in [2.24, 2.45) is 0 Å². The third-order valence-corrected chi connectivity index (χ3v) is 6.91. The molecule has 0 amide bonds. The van der Waals surface area contributed by atoms with Crippen LogP contribution in [-0.4, -0.2) is 47.3 Å². The first-order valence-corrected chi connectivity index (χ1v) is 12.0. The van der Waals surface area contributed by atoms with Crippen LogP contribution in [0.5, 0.6) is 0 Å². The largest absolute Gasteiger partial charge is 0.416 e. The van der Waals surface area contributed by atoms with Crippen LogP contribution in [0.3, 0.4) is 0 Å². The number of nitrogens with one attached hydrogen (secondary N) is 2. The van der Waals surface area contributed by atoms with E-state index in [1.165, 1.54) is 25.5 Å². The van der Waals surface area contributed by atoms with Crippen LogP contribution in [0, 0.1) is 0 Å². The quantitative estimate of drug-likeness (QED) is 0.438. The number of aliphatic hydroxyl groups is 1. The molecule has 0 aliphatic heterocycles. The highest BCUT2D eigenvalue weighted by Gasteiger charge is 2.38. The predicted molar refractivity (Wildman–Crippen MR) is 118 cm³/mol. The van der Waals surface area contributed by atoms with E-state index in [1.807, 2.05) is 4.72 Å². The third-order valence-electron chi connectivity index (χ3n) is 5.67. The minimum Gasteiger partial charge on any atom is -0.390 e. The van der Waals surface area contributed by atoms with Crippen LogP contribution < -0.4 is 10.0 Å². The van der Waals surface area contributed by atoms with Crippen molar-refractivity contribution in [1.29, 1.82) is 0 Å². The summed E-state index contributed by atoms with van der Waals surface area (Å²) in [5.74, 6) is 0.330. The number of aliphatic hydroxyl groups excluding tert-OH is 1. The first-order chi connectivity index (χ1) is 16.0. The third kappa shape index (κ3) is 5.13. The molecule has 4 rings (SSSR count). The van der Waals surface area contributed by atoms with Crippen LogP contribution in [0.15, 0.2) is 36.8 Å². The Morgan fingerprint density at radius 2 is 2.03 bits per heavy atom. The molecule has 34 heavy (non-hydrogen) atoms. The van der Waals surface area contributed by atoms with Crippen molar-refractivity contribution < 1.29 is 30.9 Å². The number of rotatable bonds is 7. The molecule has 1 saturated carbocycles. The Kier molecular flexibility index (Phi) is 6.75. The van der Waals surface area contributed by atoms with Gasteiger partial charge in [0.2, 0.25) is 0 Å². The molecule has 0 radical (unpaired) electrons. The van der Waals surface area contributed by atoms with Crippen LogP contribution >= 0.6 is 11.6 Å². The monoisotopic (exact) mass is 519 g/mol. The van der Waals surface area contributed by atoms with Crippen LogP contribution in [0.1, 0.15) is 30.0 Å². The number of halogens is 4. The lowest BCUT2D eigenvalue weighted by atomic mass is 10.1. The highest BCUT2D eigenvalue weighted by Crippen LogP contribution is 2.37. The predicted octanol–water partition coefficient (Wildman–Crippen LogP) is 3.26. The Bertz CT molecular complexity index is 1300. The highest BCUT2D eigenvalue weighted by molar-refractivity contribution is 7.84. The average Bonchev–Trinajstić information content (AvgIpc) is 3.35. The van der Waals surface area contributed by atoms with E-state index in [-0.39, 0.29) is 36.0 Å². The maximum Gasteiger partial charge on any atom is 0.416 e. The van der Waals surface area contributed by atoms with Gasteiger partial charge in [-0.05, 0) is 36.6 Å². The van der Waals surface area contributed by atoms with Gasteiger partial charge in [0, 0.05) is 30.9 Å². The summed E-state index contributed by atoms with van der Waals surface area (Å²) in [6.45, 7) is -0.150. The number of hydrogen-bond acceptors (Lipinski definition) is 7. The fraction of sp³-hybridized carbons (Fsp3) is 0.400. The summed E-state index contributed by atoms with van der Waals surface area (Å²) in [5, 5.41) is 13.8. The van der Waals surface area contributed by atoms with Crippen LogP contribution in [-0.2, 0) is 27.2 Å². The van der Waals surface area contributed by atoms with Gasteiger partial charge in [-0.15, -0.1) is 0 Å². The molecule has 1 aliphatic rings. The van der Waals surface area contributed by atoms with Gasteiger partial charge in [0.15, 0.2) is 0 Å². The molecular weight excluding hydrogens is 499 g/mol. The van der Waals surface area contributed by atoms with E-state index in [0.717, 1.165) is 6.07 Å². The molecule has 1 aromatic carbocycles. The number of aromatic nitrogens is 3. The maximum absolute atomic E-state index is 13.4. The molecule has 3 N–H and O–H groups in total. The smallest absolute Gasteiger partial charge is 0.390 e. The summed E-state index contributed by atoms with van der Waals surface area (Å²) < 4.78 is 72.3. The molecule has 0 bridgehead atoms. The first kappa shape index (κ1) is 24.7. The Labute approximate surface area is 198 Å². The molecule has 9 nitrogen and oxygen atoms in total.